The first-order valence-electron chi connectivity index (χ1n) is 5.52. The number of nitriles is 1. The molecule has 0 spiro atoms. The first-order valence-corrected chi connectivity index (χ1v) is 5.52. The summed E-state index contributed by atoms with van der Waals surface area (Å²) in [6, 6.07) is 10.2. The first-order chi connectivity index (χ1) is 7.14. The highest BCUT2D eigenvalue weighted by Crippen LogP contribution is 2.12. The number of hydrogen-bond acceptors (Lipinski definition) is 1. The Morgan fingerprint density at radius 2 is 1.93 bits per heavy atom. The van der Waals surface area contributed by atoms with Crippen LogP contribution in [0.5, 0.6) is 0 Å². The molecular weight excluding hydrogens is 181 g/mol. The van der Waals surface area contributed by atoms with Crippen molar-refractivity contribution in [1.82, 2.24) is 0 Å². The molecule has 15 heavy (non-hydrogen) atoms. The van der Waals surface area contributed by atoms with Gasteiger partial charge in [-0.15, -0.1) is 0 Å². The minimum Gasteiger partial charge on any atom is -0.250 e. The van der Waals surface area contributed by atoms with Crippen molar-refractivity contribution in [1.29, 1.82) is 5.26 Å². The van der Waals surface area contributed by atoms with Crippen LogP contribution in [-0.2, 0) is 0 Å². The van der Waals surface area contributed by atoms with Gasteiger partial charge in [-0.05, 0) is 5.56 Å². The molecule has 0 saturated carbocycles. The van der Waals surface area contributed by atoms with Gasteiger partial charge in [0, 0.05) is 0 Å². The third kappa shape index (κ3) is 4.51. The van der Waals surface area contributed by atoms with Crippen LogP contribution in [0.4, 0.5) is 0 Å². The summed E-state index contributed by atoms with van der Waals surface area (Å²) in [5.41, 5.74) is 1.22. The average molecular weight is 198 g/mol. The van der Waals surface area contributed by atoms with Gasteiger partial charge < -0.3 is 0 Å². The van der Waals surface area contributed by atoms with E-state index in [1.165, 1.54) is 5.56 Å². The minimum absolute atomic E-state index is 0.817. The fourth-order valence-corrected chi connectivity index (χ4v) is 1.36. The number of allylic oxidation sites excluding steroid dienone is 1. The van der Waals surface area contributed by atoms with Gasteiger partial charge >= 0.3 is 0 Å². The largest absolute Gasteiger partial charge is 0.250 e. The standard InChI is InChI=1S/C13H17BN/c1-14(2,12-15)11-7-6-10-13-8-4-3-5-9-13/h3-6,8-10H,7,11H2,1-2H3/q-1. The van der Waals surface area contributed by atoms with E-state index in [1.807, 2.05) is 31.8 Å². The third-order valence-electron chi connectivity index (χ3n) is 2.51. The predicted octanol–water partition coefficient (Wildman–Crippen LogP) is 3.86. The lowest BCUT2D eigenvalue weighted by molar-refractivity contribution is 1.17. The van der Waals surface area contributed by atoms with E-state index in [0.29, 0.717) is 0 Å². The van der Waals surface area contributed by atoms with Crippen LogP contribution in [0.3, 0.4) is 0 Å². The second-order valence-electron chi connectivity index (χ2n) is 4.69. The van der Waals surface area contributed by atoms with Crippen LogP contribution in [0.2, 0.25) is 20.0 Å². The molecule has 1 aromatic carbocycles. The van der Waals surface area contributed by atoms with Crippen molar-refractivity contribution in [2.75, 3.05) is 0 Å². The highest BCUT2D eigenvalue weighted by atomic mass is 14.2. The van der Waals surface area contributed by atoms with Gasteiger partial charge in [0.05, 0.1) is 6.15 Å². The lowest BCUT2D eigenvalue weighted by atomic mass is 9.27. The maximum Gasteiger partial charge on any atom is 0.0997 e. The average Bonchev–Trinajstić information content (AvgIpc) is 2.26. The van der Waals surface area contributed by atoms with Gasteiger partial charge in [-0.1, -0.05) is 48.9 Å². The Bertz CT molecular complexity index is 360. The molecule has 0 aromatic heterocycles. The summed E-state index contributed by atoms with van der Waals surface area (Å²) in [7, 11) is 0. The second kappa shape index (κ2) is 5.41. The van der Waals surface area contributed by atoms with Gasteiger partial charge in [0.1, 0.15) is 0 Å². The molecule has 78 valence electrons. The summed E-state index contributed by atoms with van der Waals surface area (Å²) in [6.45, 7) is 4.08. The van der Waals surface area contributed by atoms with Gasteiger partial charge in [0.2, 0.25) is 0 Å². The van der Waals surface area contributed by atoms with Crippen LogP contribution < -0.4 is 0 Å². The molecule has 0 saturated heterocycles. The van der Waals surface area contributed by atoms with Crippen LogP contribution in [0, 0.1) is 11.2 Å². The van der Waals surface area contributed by atoms with E-state index in [9.17, 15) is 0 Å². The van der Waals surface area contributed by atoms with Crippen molar-refractivity contribution in [3.8, 4) is 5.97 Å². The zero-order valence-corrected chi connectivity index (χ0v) is 9.48. The SMILES string of the molecule is C[B-](C)(C#N)CCC=Cc1ccccc1. The summed E-state index contributed by atoms with van der Waals surface area (Å²) < 4.78 is 0. The summed E-state index contributed by atoms with van der Waals surface area (Å²) >= 11 is 0. The first kappa shape index (κ1) is 11.6. The van der Waals surface area contributed by atoms with Gasteiger partial charge in [-0.2, -0.15) is 25.9 Å². The summed E-state index contributed by atoms with van der Waals surface area (Å²) in [5, 5.41) is 8.86. The smallest absolute Gasteiger partial charge is 0.0997 e. The molecule has 0 aliphatic heterocycles. The van der Waals surface area contributed by atoms with Crippen LogP contribution in [0.25, 0.3) is 6.08 Å². The van der Waals surface area contributed by atoms with E-state index in [-0.39, 0.29) is 0 Å². The lowest BCUT2D eigenvalue weighted by Gasteiger charge is -2.17. The normalized spacial score (nSPS) is 11.5. The molecule has 0 fully saturated rings. The van der Waals surface area contributed by atoms with Crippen LogP contribution in [0.15, 0.2) is 36.4 Å². The summed E-state index contributed by atoms with van der Waals surface area (Å²) in [6.07, 6.45) is 5.40. The van der Waals surface area contributed by atoms with Crippen molar-refractivity contribution in [2.24, 2.45) is 0 Å². The fraction of sp³-hybridized carbons (Fsp3) is 0.308. The molecule has 0 heterocycles. The molecule has 0 unspecified atom stereocenters. The van der Waals surface area contributed by atoms with E-state index < -0.39 is 6.15 Å². The second-order valence-corrected chi connectivity index (χ2v) is 4.69. The highest BCUT2D eigenvalue weighted by Gasteiger charge is 2.09. The summed E-state index contributed by atoms with van der Waals surface area (Å²) in [4.78, 5) is 0. The minimum atomic E-state index is -0.817. The molecular formula is C13H17BN-. The molecule has 0 aliphatic carbocycles. The maximum atomic E-state index is 8.86. The van der Waals surface area contributed by atoms with Gasteiger partial charge in [-0.3, -0.25) is 0 Å². The zero-order chi connectivity index (χ0) is 11.1. The van der Waals surface area contributed by atoms with Crippen LogP contribution in [0.1, 0.15) is 12.0 Å². The van der Waals surface area contributed by atoms with Crippen molar-refractivity contribution >= 4 is 12.2 Å². The van der Waals surface area contributed by atoms with E-state index in [4.69, 9.17) is 5.26 Å². The van der Waals surface area contributed by atoms with E-state index in [2.05, 4.69) is 30.3 Å². The number of benzene rings is 1. The van der Waals surface area contributed by atoms with Crippen LogP contribution >= 0.6 is 0 Å². The predicted molar refractivity (Wildman–Crippen MR) is 68.0 cm³/mol. The molecule has 1 aromatic rings. The monoisotopic (exact) mass is 198 g/mol. The molecule has 0 atom stereocenters. The Balaban J connectivity index is 2.39. The van der Waals surface area contributed by atoms with Gasteiger partial charge in [-0.25, -0.2) is 5.26 Å². The Labute approximate surface area is 92.3 Å². The fourth-order valence-electron chi connectivity index (χ4n) is 1.36. The Kier molecular flexibility index (Phi) is 4.18. The Morgan fingerprint density at radius 1 is 1.27 bits per heavy atom. The number of hydrogen-bond donors (Lipinski definition) is 0. The quantitative estimate of drug-likeness (QED) is 0.673. The number of nitrogens with zero attached hydrogens (tertiary/aromatic N) is 1. The molecule has 1 rings (SSSR count). The summed E-state index contributed by atoms with van der Waals surface area (Å²) in [5.74, 6) is 2.37. The van der Waals surface area contributed by atoms with E-state index in [0.717, 1.165) is 12.7 Å². The molecule has 0 N–H and O–H groups in total. The van der Waals surface area contributed by atoms with Crippen molar-refractivity contribution < 1.29 is 0 Å². The topological polar surface area (TPSA) is 23.8 Å². The molecule has 1 nitrogen and oxygen atoms in total. The van der Waals surface area contributed by atoms with E-state index in [1.54, 1.807) is 0 Å². The Morgan fingerprint density at radius 3 is 2.53 bits per heavy atom. The molecule has 0 bridgehead atoms. The maximum absolute atomic E-state index is 8.86. The highest BCUT2D eigenvalue weighted by molar-refractivity contribution is 6.84. The molecule has 2 heteroatoms. The van der Waals surface area contributed by atoms with Crippen molar-refractivity contribution in [3.63, 3.8) is 0 Å². The van der Waals surface area contributed by atoms with Crippen molar-refractivity contribution in [3.05, 3.63) is 42.0 Å². The molecule has 0 amide bonds. The van der Waals surface area contributed by atoms with Crippen molar-refractivity contribution in [2.45, 2.75) is 26.4 Å². The molecule has 0 radical (unpaired) electrons. The zero-order valence-electron chi connectivity index (χ0n) is 9.48. The van der Waals surface area contributed by atoms with Gasteiger partial charge in [0.15, 0.2) is 0 Å². The lowest BCUT2D eigenvalue weighted by Crippen LogP contribution is -2.21. The third-order valence-corrected chi connectivity index (χ3v) is 2.51. The van der Waals surface area contributed by atoms with Gasteiger partial charge in [0.25, 0.3) is 0 Å². The van der Waals surface area contributed by atoms with E-state index >= 15 is 0 Å². The molecule has 0 aliphatic rings. The van der Waals surface area contributed by atoms with Crippen LogP contribution in [-0.4, -0.2) is 6.15 Å². The Hall–Kier alpha value is -1.49. The number of rotatable bonds is 4.